The minimum Gasteiger partial charge on any atom is -0.507 e. The van der Waals surface area contributed by atoms with Gasteiger partial charge in [-0.25, -0.2) is 0 Å². The molecule has 3 aromatic rings. The summed E-state index contributed by atoms with van der Waals surface area (Å²) in [6.07, 6.45) is -4.98. The van der Waals surface area contributed by atoms with Gasteiger partial charge in [0.15, 0.2) is 5.58 Å². The molecule has 0 saturated heterocycles. The van der Waals surface area contributed by atoms with E-state index in [4.69, 9.17) is 9.15 Å². The van der Waals surface area contributed by atoms with Gasteiger partial charge in [0, 0.05) is 0 Å². The van der Waals surface area contributed by atoms with E-state index in [1.807, 2.05) is 13.8 Å². The number of para-hydroxylation sites is 1. The molecule has 30 heavy (non-hydrogen) atoms. The number of phenolic OH excluding ortho intramolecular Hbond substituents is 1. The van der Waals surface area contributed by atoms with Crippen LogP contribution in [0.5, 0.6) is 17.2 Å². The van der Waals surface area contributed by atoms with Crippen molar-refractivity contribution in [1.82, 2.24) is 0 Å². The van der Waals surface area contributed by atoms with E-state index < -0.39 is 23.1 Å². The molecule has 0 atom stereocenters. The van der Waals surface area contributed by atoms with Gasteiger partial charge in [-0.2, -0.15) is 13.2 Å². The Labute approximate surface area is 178 Å². The van der Waals surface area contributed by atoms with E-state index >= 15 is 0 Å². The fourth-order valence-electron chi connectivity index (χ4n) is 3.12. The van der Waals surface area contributed by atoms with Gasteiger partial charge in [-0.3, -0.25) is 4.79 Å². The van der Waals surface area contributed by atoms with Crippen LogP contribution in [0.15, 0.2) is 50.1 Å². The molecule has 2 N–H and O–H groups in total. The van der Waals surface area contributed by atoms with Gasteiger partial charge in [0.2, 0.25) is 11.2 Å². The first-order valence-corrected chi connectivity index (χ1v) is 10.1. The largest absolute Gasteiger partial charge is 0.507 e. The van der Waals surface area contributed by atoms with Crippen molar-refractivity contribution in [3.63, 3.8) is 0 Å². The number of phenols is 1. The van der Waals surface area contributed by atoms with Crippen molar-refractivity contribution >= 4 is 26.9 Å². The maximum atomic E-state index is 13.8. The van der Waals surface area contributed by atoms with Crippen LogP contribution in [0.1, 0.15) is 25.2 Å². The highest BCUT2D eigenvalue weighted by Gasteiger charge is 2.41. The van der Waals surface area contributed by atoms with Gasteiger partial charge in [-0.15, -0.1) is 0 Å². The van der Waals surface area contributed by atoms with Gasteiger partial charge in [-0.1, -0.05) is 12.1 Å². The summed E-state index contributed by atoms with van der Waals surface area (Å²) in [7, 11) is 0. The van der Waals surface area contributed by atoms with Crippen LogP contribution in [0.4, 0.5) is 13.2 Å². The Balaban J connectivity index is 2.28. The minimum atomic E-state index is -4.98. The van der Waals surface area contributed by atoms with Crippen LogP contribution < -0.4 is 15.1 Å². The second-order valence-corrected chi connectivity index (χ2v) is 7.55. The Kier molecular flexibility index (Phi) is 6.42. The number of benzene rings is 2. The summed E-state index contributed by atoms with van der Waals surface area (Å²) in [6, 6.07) is 8.76. The summed E-state index contributed by atoms with van der Waals surface area (Å²) in [5.74, 6) is -2.68. The average Bonchev–Trinajstić information content (AvgIpc) is 2.70. The van der Waals surface area contributed by atoms with Crippen LogP contribution in [0, 0.1) is 0 Å². The second-order valence-electron chi connectivity index (χ2n) is 6.69. The molecule has 3 rings (SSSR count). The van der Waals surface area contributed by atoms with Gasteiger partial charge in [0.05, 0.1) is 28.5 Å². The van der Waals surface area contributed by atoms with Gasteiger partial charge < -0.3 is 19.2 Å². The number of halogens is 4. The Morgan fingerprint density at radius 1 is 1.13 bits per heavy atom. The zero-order valence-corrected chi connectivity index (χ0v) is 17.9. The number of hydrogen-bond donors (Lipinski definition) is 2. The Morgan fingerprint density at radius 3 is 2.40 bits per heavy atom. The molecule has 0 amide bonds. The Hall–Kier alpha value is -2.52. The highest BCUT2D eigenvalue weighted by atomic mass is 79.9. The number of rotatable bonds is 6. The standard InChI is InChI=1S/C21H19BrF3NO4/c1-3-26(4-2)11-13-15(27)10-9-12-17(28)19(20(21(23,24)25)30-18(12)13)29-16-8-6-5-7-14(16)22/h5-10,27H,3-4,11H2,1-2H3/p+1. The summed E-state index contributed by atoms with van der Waals surface area (Å²) >= 11 is 3.19. The van der Waals surface area contributed by atoms with Crippen LogP contribution in [0.3, 0.4) is 0 Å². The molecule has 0 aliphatic carbocycles. The van der Waals surface area contributed by atoms with E-state index in [0.717, 1.165) is 4.90 Å². The molecule has 0 spiro atoms. The third-order valence-corrected chi connectivity index (χ3v) is 5.49. The molecule has 160 valence electrons. The molecule has 1 heterocycles. The highest BCUT2D eigenvalue weighted by molar-refractivity contribution is 9.10. The van der Waals surface area contributed by atoms with Crippen LogP contribution >= 0.6 is 15.9 Å². The molecule has 9 heteroatoms. The average molecular weight is 487 g/mol. The van der Waals surface area contributed by atoms with Crippen molar-refractivity contribution < 1.29 is 32.3 Å². The van der Waals surface area contributed by atoms with Crippen LogP contribution in [-0.4, -0.2) is 18.2 Å². The molecule has 2 aromatic carbocycles. The highest BCUT2D eigenvalue weighted by Crippen LogP contribution is 2.40. The Morgan fingerprint density at radius 2 is 1.80 bits per heavy atom. The zero-order chi connectivity index (χ0) is 22.1. The molecule has 0 radical (unpaired) electrons. The summed E-state index contributed by atoms with van der Waals surface area (Å²) in [5, 5.41) is 10.2. The van der Waals surface area contributed by atoms with Crippen LogP contribution in [0.25, 0.3) is 11.0 Å². The fraction of sp³-hybridized carbons (Fsp3) is 0.286. The molecule has 0 bridgehead atoms. The fourth-order valence-corrected chi connectivity index (χ4v) is 3.49. The number of nitrogens with one attached hydrogen (secondary N) is 1. The topological polar surface area (TPSA) is 64.1 Å². The lowest BCUT2D eigenvalue weighted by Gasteiger charge is -2.18. The van der Waals surface area contributed by atoms with Crippen LogP contribution in [-0.2, 0) is 12.7 Å². The van der Waals surface area contributed by atoms with Crippen LogP contribution in [0.2, 0.25) is 0 Å². The molecule has 0 saturated carbocycles. The third kappa shape index (κ3) is 4.32. The molecule has 0 fully saturated rings. The van der Waals surface area contributed by atoms with Gasteiger partial charge in [0.1, 0.15) is 18.0 Å². The lowest BCUT2D eigenvalue weighted by molar-refractivity contribution is -0.910. The lowest BCUT2D eigenvalue weighted by atomic mass is 10.1. The zero-order valence-electron chi connectivity index (χ0n) is 16.3. The summed E-state index contributed by atoms with van der Waals surface area (Å²) < 4.78 is 52.3. The summed E-state index contributed by atoms with van der Waals surface area (Å²) in [4.78, 5) is 14.0. The van der Waals surface area contributed by atoms with E-state index in [0.29, 0.717) is 17.6 Å². The van der Waals surface area contributed by atoms with E-state index in [1.165, 1.54) is 18.2 Å². The second kappa shape index (κ2) is 8.69. The summed E-state index contributed by atoms with van der Waals surface area (Å²) in [6.45, 7) is 5.42. The SMILES string of the molecule is CC[NH+](CC)Cc1c(O)ccc2c(=O)c(Oc3ccccc3Br)c(C(F)(F)F)oc12. The van der Waals surface area contributed by atoms with Gasteiger partial charge >= 0.3 is 6.18 Å². The van der Waals surface area contributed by atoms with Gasteiger partial charge in [-0.05, 0) is 54.0 Å². The normalized spacial score (nSPS) is 12.0. The minimum absolute atomic E-state index is 0.0428. The number of hydrogen-bond acceptors (Lipinski definition) is 4. The van der Waals surface area contributed by atoms with Crippen molar-refractivity contribution in [1.29, 1.82) is 0 Å². The first kappa shape index (κ1) is 22.2. The molecular weight excluding hydrogens is 467 g/mol. The molecule has 1 aromatic heterocycles. The summed E-state index contributed by atoms with van der Waals surface area (Å²) in [5.41, 5.74) is -1.09. The number of ether oxygens (including phenoxy) is 1. The van der Waals surface area contributed by atoms with Crippen molar-refractivity contribution in [2.75, 3.05) is 13.1 Å². The number of aromatic hydroxyl groups is 1. The maximum absolute atomic E-state index is 13.8. The monoisotopic (exact) mass is 486 g/mol. The molecule has 0 aliphatic heterocycles. The molecule has 0 unspecified atom stereocenters. The lowest BCUT2D eigenvalue weighted by Crippen LogP contribution is -3.10. The number of quaternary nitrogens is 1. The number of fused-ring (bicyclic) bond motifs is 1. The smallest absolute Gasteiger partial charge is 0.453 e. The first-order valence-electron chi connectivity index (χ1n) is 9.32. The molecule has 0 aliphatic rings. The van der Waals surface area contributed by atoms with E-state index in [1.54, 1.807) is 18.2 Å². The number of alkyl halides is 3. The van der Waals surface area contributed by atoms with Crippen molar-refractivity contribution in [2.45, 2.75) is 26.6 Å². The van der Waals surface area contributed by atoms with E-state index in [-0.39, 0.29) is 34.6 Å². The van der Waals surface area contributed by atoms with Crippen molar-refractivity contribution in [3.05, 3.63) is 62.4 Å². The van der Waals surface area contributed by atoms with Crippen molar-refractivity contribution in [2.24, 2.45) is 0 Å². The van der Waals surface area contributed by atoms with E-state index in [2.05, 4.69) is 15.9 Å². The predicted octanol–water partition coefficient (Wildman–Crippen LogP) is 4.50. The molecular formula is C21H20BrF3NO4+. The van der Waals surface area contributed by atoms with Gasteiger partial charge in [0.25, 0.3) is 5.76 Å². The maximum Gasteiger partial charge on any atom is 0.453 e. The van der Waals surface area contributed by atoms with Crippen molar-refractivity contribution in [3.8, 4) is 17.2 Å². The third-order valence-electron chi connectivity index (χ3n) is 4.83. The predicted molar refractivity (Wildman–Crippen MR) is 109 cm³/mol. The first-order chi connectivity index (χ1) is 14.2. The quantitative estimate of drug-likeness (QED) is 0.538. The van der Waals surface area contributed by atoms with E-state index in [9.17, 15) is 23.1 Å². The molecule has 5 nitrogen and oxygen atoms in total. The Bertz CT molecular complexity index is 1120.